The van der Waals surface area contributed by atoms with E-state index in [0.29, 0.717) is 43.9 Å². The number of carbonyl (C=O) groups is 3. The summed E-state index contributed by atoms with van der Waals surface area (Å²) in [7, 11) is 0. The molecule has 1 aliphatic carbocycles. The largest absolute Gasteiger partial charge is 0.481 e. The number of hydrogen-bond donors (Lipinski definition) is 1. The van der Waals surface area contributed by atoms with Crippen LogP contribution in [0.3, 0.4) is 0 Å². The first-order chi connectivity index (χ1) is 11.9. The molecule has 2 atom stereocenters. The number of carboxylic acid groups (broad SMARTS) is 1. The number of aliphatic carboxylic acids is 1. The second kappa shape index (κ2) is 7.44. The van der Waals surface area contributed by atoms with Gasteiger partial charge in [0.15, 0.2) is 0 Å². The van der Waals surface area contributed by atoms with E-state index in [1.54, 1.807) is 21.9 Å². The van der Waals surface area contributed by atoms with Crippen molar-refractivity contribution < 1.29 is 19.5 Å². The molecule has 2 aliphatic rings. The summed E-state index contributed by atoms with van der Waals surface area (Å²) in [6.45, 7) is 1.55. The molecule has 2 fully saturated rings. The van der Waals surface area contributed by atoms with Gasteiger partial charge in [0.2, 0.25) is 11.8 Å². The summed E-state index contributed by atoms with van der Waals surface area (Å²) in [5, 5.41) is 9.72. The number of hydrogen-bond acceptors (Lipinski definition) is 3. The average Bonchev–Trinajstić information content (AvgIpc) is 3.08. The van der Waals surface area contributed by atoms with Gasteiger partial charge in [-0.25, -0.2) is 0 Å². The van der Waals surface area contributed by atoms with Crippen LogP contribution < -0.4 is 0 Å². The topological polar surface area (TPSA) is 77.9 Å². The fraction of sp³-hybridized carbons (Fsp3) is 0.500. The Balaban J connectivity index is 1.54. The number of amides is 2. The van der Waals surface area contributed by atoms with Crippen molar-refractivity contribution in [2.75, 3.05) is 19.6 Å². The summed E-state index contributed by atoms with van der Waals surface area (Å²) in [6.07, 6.45) is 1.51. The second-order valence-corrected chi connectivity index (χ2v) is 7.18. The van der Waals surface area contributed by atoms with E-state index in [9.17, 15) is 14.4 Å². The molecule has 2 amide bonds. The molecular formula is C18H21ClN2O4. The van der Waals surface area contributed by atoms with Gasteiger partial charge in [-0.2, -0.15) is 0 Å². The number of benzene rings is 1. The van der Waals surface area contributed by atoms with Crippen LogP contribution in [0.25, 0.3) is 0 Å². The third-order valence-electron chi connectivity index (χ3n) is 5.05. The number of halogens is 1. The maximum Gasteiger partial charge on any atom is 0.306 e. The van der Waals surface area contributed by atoms with Crippen molar-refractivity contribution in [1.82, 2.24) is 9.80 Å². The van der Waals surface area contributed by atoms with Gasteiger partial charge in [0, 0.05) is 30.6 Å². The minimum atomic E-state index is -0.834. The lowest BCUT2D eigenvalue weighted by atomic mass is 10.0. The van der Waals surface area contributed by atoms with Gasteiger partial charge < -0.3 is 14.9 Å². The second-order valence-electron chi connectivity index (χ2n) is 6.75. The molecule has 7 heteroatoms. The zero-order valence-electron chi connectivity index (χ0n) is 13.9. The van der Waals surface area contributed by atoms with Crippen molar-refractivity contribution in [2.45, 2.75) is 25.8 Å². The highest BCUT2D eigenvalue weighted by atomic mass is 35.5. The third-order valence-corrected chi connectivity index (χ3v) is 5.30. The molecule has 1 N–H and O–H groups in total. The fourth-order valence-electron chi connectivity index (χ4n) is 3.56. The molecule has 1 saturated heterocycles. The molecule has 1 saturated carbocycles. The van der Waals surface area contributed by atoms with Crippen LogP contribution >= 0.6 is 11.6 Å². The van der Waals surface area contributed by atoms with Gasteiger partial charge in [-0.05, 0) is 37.0 Å². The lowest BCUT2D eigenvalue weighted by molar-refractivity contribution is -0.148. The van der Waals surface area contributed by atoms with E-state index in [1.807, 2.05) is 12.1 Å². The molecule has 0 aromatic heterocycles. The van der Waals surface area contributed by atoms with E-state index in [-0.39, 0.29) is 24.3 Å². The Morgan fingerprint density at radius 2 is 1.80 bits per heavy atom. The van der Waals surface area contributed by atoms with Crippen molar-refractivity contribution in [3.8, 4) is 0 Å². The molecular weight excluding hydrogens is 344 g/mol. The molecule has 3 rings (SSSR count). The van der Waals surface area contributed by atoms with Crippen LogP contribution in [0.5, 0.6) is 0 Å². The van der Waals surface area contributed by atoms with Crippen molar-refractivity contribution in [2.24, 2.45) is 11.8 Å². The summed E-state index contributed by atoms with van der Waals surface area (Å²) in [6, 6.07) is 7.36. The van der Waals surface area contributed by atoms with Gasteiger partial charge >= 0.3 is 5.97 Å². The molecule has 1 aromatic rings. The molecule has 0 unspecified atom stereocenters. The molecule has 0 spiro atoms. The smallest absolute Gasteiger partial charge is 0.306 e. The molecule has 0 bridgehead atoms. The van der Waals surface area contributed by atoms with Gasteiger partial charge in [0.05, 0.1) is 12.5 Å². The van der Waals surface area contributed by atoms with Crippen LogP contribution in [0.15, 0.2) is 24.3 Å². The fourth-order valence-corrected chi connectivity index (χ4v) is 3.69. The van der Waals surface area contributed by atoms with Crippen LogP contribution in [0.2, 0.25) is 5.02 Å². The van der Waals surface area contributed by atoms with Crippen molar-refractivity contribution >= 4 is 29.4 Å². The number of nitrogens with zero attached hydrogens (tertiary/aromatic N) is 2. The van der Waals surface area contributed by atoms with E-state index in [2.05, 4.69) is 0 Å². The predicted octanol–water partition coefficient (Wildman–Crippen LogP) is 2.01. The highest BCUT2D eigenvalue weighted by Crippen LogP contribution is 2.32. The van der Waals surface area contributed by atoms with Crippen molar-refractivity contribution in [3.63, 3.8) is 0 Å². The molecule has 134 valence electrons. The first kappa shape index (κ1) is 17.7. The number of piperazine rings is 1. The van der Waals surface area contributed by atoms with Crippen LogP contribution in [-0.2, 0) is 20.9 Å². The van der Waals surface area contributed by atoms with E-state index in [1.165, 1.54) is 0 Å². The summed E-state index contributed by atoms with van der Waals surface area (Å²) < 4.78 is 0. The Hall–Kier alpha value is -2.08. The summed E-state index contributed by atoms with van der Waals surface area (Å²) >= 11 is 5.87. The Morgan fingerprint density at radius 3 is 2.40 bits per heavy atom. The van der Waals surface area contributed by atoms with Crippen LogP contribution in [0.1, 0.15) is 24.8 Å². The number of carbonyl (C=O) groups excluding carboxylic acids is 2. The lowest BCUT2D eigenvalue weighted by Crippen LogP contribution is -2.53. The Labute approximate surface area is 151 Å². The van der Waals surface area contributed by atoms with Gasteiger partial charge in [0.1, 0.15) is 0 Å². The Bertz CT molecular complexity index is 676. The van der Waals surface area contributed by atoms with E-state index in [4.69, 9.17) is 16.7 Å². The molecule has 1 aromatic carbocycles. The van der Waals surface area contributed by atoms with Gasteiger partial charge in [-0.15, -0.1) is 0 Å². The summed E-state index contributed by atoms with van der Waals surface area (Å²) in [5.41, 5.74) is 0.998. The quantitative estimate of drug-likeness (QED) is 0.886. The maximum atomic E-state index is 12.6. The van der Waals surface area contributed by atoms with Crippen molar-refractivity contribution in [1.29, 1.82) is 0 Å². The zero-order chi connectivity index (χ0) is 18.0. The molecule has 25 heavy (non-hydrogen) atoms. The highest BCUT2D eigenvalue weighted by molar-refractivity contribution is 6.30. The maximum absolute atomic E-state index is 12.6. The molecule has 0 radical (unpaired) electrons. The van der Waals surface area contributed by atoms with Crippen LogP contribution in [0, 0.1) is 11.8 Å². The molecule has 1 aliphatic heterocycles. The van der Waals surface area contributed by atoms with Gasteiger partial charge in [0.25, 0.3) is 0 Å². The highest BCUT2D eigenvalue weighted by Gasteiger charge is 2.37. The zero-order valence-corrected chi connectivity index (χ0v) is 14.6. The predicted molar refractivity (Wildman–Crippen MR) is 91.9 cm³/mol. The first-order valence-corrected chi connectivity index (χ1v) is 8.85. The van der Waals surface area contributed by atoms with E-state index < -0.39 is 11.9 Å². The monoisotopic (exact) mass is 364 g/mol. The van der Waals surface area contributed by atoms with Crippen LogP contribution in [-0.4, -0.2) is 52.3 Å². The molecule has 6 nitrogen and oxygen atoms in total. The van der Waals surface area contributed by atoms with Crippen molar-refractivity contribution in [3.05, 3.63) is 34.9 Å². The Morgan fingerprint density at radius 1 is 1.12 bits per heavy atom. The van der Waals surface area contributed by atoms with E-state index in [0.717, 1.165) is 5.56 Å². The van der Waals surface area contributed by atoms with Gasteiger partial charge in [-0.1, -0.05) is 23.7 Å². The SMILES string of the molecule is O=C(O)[C@@H]1CC[C@H](C(=O)N2CCN(Cc3ccc(Cl)cc3)C(=O)C2)C1. The minimum absolute atomic E-state index is 0.0701. The first-order valence-electron chi connectivity index (χ1n) is 8.48. The minimum Gasteiger partial charge on any atom is -0.481 e. The standard InChI is InChI=1S/C18H21ClN2O4/c19-15-5-1-12(2-6-15)10-20-7-8-21(11-16(20)22)17(23)13-3-4-14(9-13)18(24)25/h1-2,5-6,13-14H,3-4,7-11H2,(H,24,25)/t13-,14+/m0/s1. The number of rotatable bonds is 4. The van der Waals surface area contributed by atoms with Crippen LogP contribution in [0.4, 0.5) is 0 Å². The average molecular weight is 365 g/mol. The lowest BCUT2D eigenvalue weighted by Gasteiger charge is -2.35. The summed E-state index contributed by atoms with van der Waals surface area (Å²) in [4.78, 5) is 39.3. The normalized spacial score (nSPS) is 23.8. The van der Waals surface area contributed by atoms with E-state index >= 15 is 0 Å². The molecule has 1 heterocycles. The summed E-state index contributed by atoms with van der Waals surface area (Å²) in [5.74, 6) is -1.70. The Kier molecular flexibility index (Phi) is 5.27. The number of carboxylic acids is 1. The van der Waals surface area contributed by atoms with Gasteiger partial charge in [-0.3, -0.25) is 14.4 Å². The third kappa shape index (κ3) is 4.12.